The number of aliphatic hydroxyl groups is 1. The largest absolute Gasteiger partial charge is 0.481 e. The van der Waals surface area contributed by atoms with Gasteiger partial charge >= 0.3 is 23.9 Å². The van der Waals surface area contributed by atoms with E-state index >= 15 is 0 Å². The third-order valence-electron chi connectivity index (χ3n) is 8.80. The fourth-order valence-corrected chi connectivity index (χ4v) is 5.65. The molecule has 0 spiro atoms. The van der Waals surface area contributed by atoms with Crippen molar-refractivity contribution >= 4 is 64.2 Å². The second-order valence-electron chi connectivity index (χ2n) is 13.2. The quantitative estimate of drug-likeness (QED) is 0.0302. The number of aromatic nitrogens is 1. The van der Waals surface area contributed by atoms with Crippen LogP contribution in [-0.4, -0.2) is 97.5 Å². The number of carbonyl (C=O) groups excluding carboxylic acids is 5. The van der Waals surface area contributed by atoms with Gasteiger partial charge in [0.2, 0.25) is 18.2 Å². The highest BCUT2D eigenvalue weighted by molar-refractivity contribution is 5.98. The molecule has 4 atom stereocenters. The number of aliphatic carboxylic acids is 3. The number of rotatable bonds is 21. The molecule has 4 unspecified atom stereocenters. The molecule has 0 fully saturated rings. The summed E-state index contributed by atoms with van der Waals surface area (Å²) in [7, 11) is 0. The van der Waals surface area contributed by atoms with E-state index < -0.39 is 91.3 Å². The van der Waals surface area contributed by atoms with Gasteiger partial charge in [-0.2, -0.15) is 0 Å². The summed E-state index contributed by atoms with van der Waals surface area (Å²) >= 11 is 0. The van der Waals surface area contributed by atoms with Gasteiger partial charge in [-0.15, -0.1) is 0 Å². The van der Waals surface area contributed by atoms with Crippen molar-refractivity contribution < 1.29 is 58.8 Å². The standard InChI is InChI=1S/C39H43N9O12/c40-48-30-14-11-26(20-41-30)34(54)43-27(12-15-31(49)50)35(55)42-19-21-5-9-24(10-6-21)33(53)44-29(18-22-7-8-23-3-1-2-4-25(23)17-22)36(56)46-39(60)47-38(59)45-28(37(57)58)13-16-32(51)52/h1-11,14,17,20,27-29,39,60H,12-13,15-16,18-19,40H2,(H,41,48)(H,42,55)(H,43,54)(H,44,53)(H,46,56)(H,49,50)(H,51,52)(H,57,58)(H2,45,47,59). The van der Waals surface area contributed by atoms with Crippen LogP contribution in [0.2, 0.25) is 0 Å². The maximum atomic E-state index is 13.5. The van der Waals surface area contributed by atoms with E-state index in [4.69, 9.17) is 10.9 Å². The molecule has 0 bridgehead atoms. The monoisotopic (exact) mass is 829 g/mol. The lowest BCUT2D eigenvalue weighted by atomic mass is 10.0. The van der Waals surface area contributed by atoms with Gasteiger partial charge in [0.15, 0.2) is 0 Å². The molecule has 0 aliphatic heterocycles. The Balaban J connectivity index is 1.41. The highest BCUT2D eigenvalue weighted by Gasteiger charge is 2.27. The van der Waals surface area contributed by atoms with E-state index in [1.165, 1.54) is 42.6 Å². The smallest absolute Gasteiger partial charge is 0.326 e. The van der Waals surface area contributed by atoms with Gasteiger partial charge < -0.3 is 52.4 Å². The van der Waals surface area contributed by atoms with Crippen molar-refractivity contribution in [3.63, 3.8) is 0 Å². The second-order valence-corrected chi connectivity index (χ2v) is 13.2. The van der Waals surface area contributed by atoms with Crippen LogP contribution in [-0.2, 0) is 36.9 Å². The van der Waals surface area contributed by atoms with Crippen LogP contribution in [0.25, 0.3) is 10.8 Å². The Bertz CT molecular complexity index is 2200. The molecule has 0 radical (unpaired) electrons. The number of hydrogen-bond donors (Lipinski definition) is 12. The van der Waals surface area contributed by atoms with Crippen LogP contribution in [0.4, 0.5) is 10.6 Å². The number of nitrogen functional groups attached to an aromatic ring is 1. The van der Waals surface area contributed by atoms with E-state index in [2.05, 4.69) is 31.7 Å². The highest BCUT2D eigenvalue weighted by atomic mass is 16.4. The number of amides is 6. The van der Waals surface area contributed by atoms with Gasteiger partial charge in [0.1, 0.15) is 23.9 Å². The zero-order valence-corrected chi connectivity index (χ0v) is 31.7. The fourth-order valence-electron chi connectivity index (χ4n) is 5.65. The first-order valence-corrected chi connectivity index (χ1v) is 18.2. The summed E-state index contributed by atoms with van der Waals surface area (Å²) in [6.45, 7) is -0.0726. The molecular weight excluding hydrogens is 786 g/mol. The number of hydrazine groups is 1. The van der Waals surface area contributed by atoms with Gasteiger partial charge in [0.05, 0.1) is 5.56 Å². The van der Waals surface area contributed by atoms with Crippen molar-refractivity contribution in [3.8, 4) is 0 Å². The van der Waals surface area contributed by atoms with Crippen LogP contribution in [0.5, 0.6) is 0 Å². The van der Waals surface area contributed by atoms with E-state index in [0.29, 0.717) is 16.9 Å². The van der Waals surface area contributed by atoms with Gasteiger partial charge in [-0.3, -0.25) is 34.1 Å². The number of carbonyl (C=O) groups is 8. The van der Waals surface area contributed by atoms with Crippen molar-refractivity contribution in [2.45, 2.75) is 63.1 Å². The van der Waals surface area contributed by atoms with Crippen molar-refractivity contribution in [1.29, 1.82) is 0 Å². The minimum Gasteiger partial charge on any atom is -0.481 e. The Morgan fingerprint density at radius 3 is 1.83 bits per heavy atom. The highest BCUT2D eigenvalue weighted by Crippen LogP contribution is 2.17. The molecule has 316 valence electrons. The molecule has 4 aromatic rings. The van der Waals surface area contributed by atoms with Crippen LogP contribution < -0.4 is 43.2 Å². The molecule has 3 aromatic carbocycles. The van der Waals surface area contributed by atoms with E-state index in [1.54, 1.807) is 6.07 Å². The zero-order chi connectivity index (χ0) is 43.8. The predicted octanol–water partition coefficient (Wildman–Crippen LogP) is 0.150. The molecule has 0 aliphatic carbocycles. The van der Waals surface area contributed by atoms with Gasteiger partial charge in [-0.05, 0) is 59.0 Å². The maximum Gasteiger partial charge on any atom is 0.326 e. The van der Waals surface area contributed by atoms with Gasteiger partial charge in [-0.25, -0.2) is 20.4 Å². The topological polar surface area (TPSA) is 341 Å². The third kappa shape index (κ3) is 14.1. The zero-order valence-electron chi connectivity index (χ0n) is 31.7. The molecule has 21 nitrogen and oxygen atoms in total. The van der Waals surface area contributed by atoms with Crippen LogP contribution in [0.1, 0.15) is 57.5 Å². The van der Waals surface area contributed by atoms with E-state index in [-0.39, 0.29) is 30.5 Å². The number of pyridine rings is 1. The molecule has 6 amide bonds. The van der Waals surface area contributed by atoms with Gasteiger partial charge in [0.25, 0.3) is 11.8 Å². The molecule has 0 saturated carbocycles. The third-order valence-corrected chi connectivity index (χ3v) is 8.80. The van der Waals surface area contributed by atoms with E-state index in [9.17, 15) is 53.7 Å². The van der Waals surface area contributed by atoms with Gasteiger partial charge in [0, 0.05) is 37.6 Å². The number of anilines is 1. The molecule has 0 aliphatic rings. The number of benzene rings is 3. The van der Waals surface area contributed by atoms with Gasteiger partial charge in [-0.1, -0.05) is 54.6 Å². The van der Waals surface area contributed by atoms with Crippen molar-refractivity contribution in [1.82, 2.24) is 36.9 Å². The first kappa shape index (κ1) is 45.1. The summed E-state index contributed by atoms with van der Waals surface area (Å²) in [5, 5.41) is 53.4. The number of nitrogens with one attached hydrogen (secondary N) is 7. The second kappa shape index (κ2) is 21.8. The Hall–Kier alpha value is -7.65. The van der Waals surface area contributed by atoms with Crippen LogP contribution >= 0.6 is 0 Å². The lowest BCUT2D eigenvalue weighted by Crippen LogP contribution is -2.57. The maximum absolute atomic E-state index is 13.5. The average Bonchev–Trinajstić information content (AvgIpc) is 3.22. The average molecular weight is 830 g/mol. The predicted molar refractivity (Wildman–Crippen MR) is 211 cm³/mol. The SMILES string of the molecule is NNc1ccc(C(=O)NC(CCC(=O)O)C(=O)NCc2ccc(C(=O)NC(Cc3ccc4ccccc4c3)C(=O)NC(O)NC(=O)NC(CCC(=O)O)C(=O)O)cc2)cn1. The van der Waals surface area contributed by atoms with Crippen LogP contribution in [0.15, 0.2) is 85.1 Å². The minimum atomic E-state index is -2.06. The molecule has 1 aromatic heterocycles. The molecule has 1 heterocycles. The Kier molecular flexibility index (Phi) is 16.3. The molecule has 0 saturated heterocycles. The van der Waals surface area contributed by atoms with E-state index in [0.717, 1.165) is 10.8 Å². The molecular formula is C39H43N9O12. The van der Waals surface area contributed by atoms with Crippen molar-refractivity contribution in [2.24, 2.45) is 5.84 Å². The van der Waals surface area contributed by atoms with Crippen LogP contribution in [0, 0.1) is 0 Å². The number of urea groups is 1. The molecule has 4 rings (SSSR count). The number of carboxylic acids is 3. The van der Waals surface area contributed by atoms with Crippen molar-refractivity contribution in [2.75, 3.05) is 5.43 Å². The summed E-state index contributed by atoms with van der Waals surface area (Å²) in [5.41, 5.74) is 3.66. The molecule has 21 heteroatoms. The number of fused-ring (bicyclic) bond motifs is 1. The normalized spacial score (nSPS) is 12.7. The summed E-state index contributed by atoms with van der Waals surface area (Å²) < 4.78 is 0. The minimum absolute atomic E-state index is 0.0726. The summed E-state index contributed by atoms with van der Waals surface area (Å²) in [6.07, 6.45) is -2.55. The fraction of sp³-hybridized carbons (Fsp3) is 0.256. The summed E-state index contributed by atoms with van der Waals surface area (Å²) in [5.74, 6) is -1.39. The first-order chi connectivity index (χ1) is 28.6. The number of hydrogen-bond acceptors (Lipinski definition) is 12. The Labute approximate surface area is 341 Å². The first-order valence-electron chi connectivity index (χ1n) is 18.2. The number of nitrogens with two attached hydrogens (primary N) is 1. The van der Waals surface area contributed by atoms with Crippen molar-refractivity contribution in [3.05, 3.63) is 107 Å². The lowest BCUT2D eigenvalue weighted by molar-refractivity contribution is -0.141. The Morgan fingerprint density at radius 2 is 1.22 bits per heavy atom. The number of carboxylic acid groups (broad SMARTS) is 3. The number of aliphatic hydroxyl groups excluding tert-OH is 1. The molecule has 60 heavy (non-hydrogen) atoms. The lowest BCUT2D eigenvalue weighted by Gasteiger charge is -2.22. The molecule has 13 N–H and O–H groups in total. The number of nitrogens with zero attached hydrogens (tertiary/aromatic N) is 1. The summed E-state index contributed by atoms with van der Waals surface area (Å²) in [6, 6.07) is 16.1. The van der Waals surface area contributed by atoms with Crippen LogP contribution in [0.3, 0.4) is 0 Å². The Morgan fingerprint density at radius 1 is 0.617 bits per heavy atom. The van der Waals surface area contributed by atoms with E-state index in [1.807, 2.05) is 47.0 Å². The summed E-state index contributed by atoms with van der Waals surface area (Å²) in [4.78, 5) is 103.